The number of H-pyrrole nitrogens is 2. The highest BCUT2D eigenvalue weighted by atomic mass is 19.1. The molecule has 0 saturated carbocycles. The minimum atomic E-state index is -0.282. The molecule has 0 unspecified atom stereocenters. The van der Waals surface area contributed by atoms with Crippen LogP contribution < -0.4 is 5.32 Å². The number of benzene rings is 2. The standard InChI is InChI=1S/C31H23FN8/c32-23-8-6-21(7-9-23)24-10-11-35-30-28(24)37-31(38-30)29-25-13-26(36-18-27(25)39-40-29)22-12-20(16-34-17-22)15-33-14-19-4-2-1-3-5-19/h1-13,16-18,33H,14-15H2,(H,39,40)(H,35,37,38). The maximum absolute atomic E-state index is 13.5. The zero-order chi connectivity index (χ0) is 26.9. The molecule has 3 N–H and O–H groups in total. The molecule has 194 valence electrons. The molecule has 0 aliphatic heterocycles. The van der Waals surface area contributed by atoms with E-state index in [0.29, 0.717) is 23.7 Å². The van der Waals surface area contributed by atoms with Gasteiger partial charge in [0.1, 0.15) is 11.5 Å². The molecule has 8 nitrogen and oxygen atoms in total. The fourth-order valence-electron chi connectivity index (χ4n) is 4.82. The molecule has 0 spiro atoms. The van der Waals surface area contributed by atoms with Gasteiger partial charge in [-0.15, -0.1) is 0 Å². The van der Waals surface area contributed by atoms with Gasteiger partial charge in [0.15, 0.2) is 11.5 Å². The predicted molar refractivity (Wildman–Crippen MR) is 152 cm³/mol. The van der Waals surface area contributed by atoms with Crippen molar-refractivity contribution in [1.82, 2.24) is 40.4 Å². The number of hydrogen-bond acceptors (Lipinski definition) is 6. The molecule has 0 amide bonds. The number of aromatic amines is 2. The van der Waals surface area contributed by atoms with Gasteiger partial charge in [-0.1, -0.05) is 42.5 Å². The Balaban J connectivity index is 1.20. The molecule has 0 radical (unpaired) electrons. The Bertz CT molecular complexity index is 1940. The molecule has 0 aliphatic carbocycles. The van der Waals surface area contributed by atoms with Gasteiger partial charge in [0.25, 0.3) is 0 Å². The topological polar surface area (TPSA) is 108 Å². The Morgan fingerprint density at radius 1 is 0.800 bits per heavy atom. The van der Waals surface area contributed by atoms with E-state index in [1.807, 2.05) is 42.7 Å². The normalized spacial score (nSPS) is 11.4. The fraction of sp³-hybridized carbons (Fsp3) is 0.0645. The Labute approximate surface area is 228 Å². The fourth-order valence-corrected chi connectivity index (χ4v) is 4.82. The Morgan fingerprint density at radius 2 is 1.65 bits per heavy atom. The second-order valence-corrected chi connectivity index (χ2v) is 9.51. The van der Waals surface area contributed by atoms with Gasteiger partial charge in [0.05, 0.1) is 22.9 Å². The Morgan fingerprint density at radius 3 is 2.52 bits per heavy atom. The van der Waals surface area contributed by atoms with Crippen LogP contribution in [-0.2, 0) is 13.1 Å². The zero-order valence-corrected chi connectivity index (χ0v) is 21.3. The lowest BCUT2D eigenvalue weighted by Gasteiger charge is -2.07. The van der Waals surface area contributed by atoms with Crippen LogP contribution in [0.4, 0.5) is 4.39 Å². The van der Waals surface area contributed by atoms with Gasteiger partial charge in [-0.2, -0.15) is 5.10 Å². The van der Waals surface area contributed by atoms with Crippen molar-refractivity contribution in [1.29, 1.82) is 0 Å². The molecule has 0 fully saturated rings. The van der Waals surface area contributed by atoms with Gasteiger partial charge < -0.3 is 10.3 Å². The summed E-state index contributed by atoms with van der Waals surface area (Å²) in [7, 11) is 0. The highest BCUT2D eigenvalue weighted by Crippen LogP contribution is 2.32. The molecule has 40 heavy (non-hydrogen) atoms. The predicted octanol–water partition coefficient (Wildman–Crippen LogP) is 6.05. The quantitative estimate of drug-likeness (QED) is 0.233. The van der Waals surface area contributed by atoms with E-state index in [9.17, 15) is 4.39 Å². The lowest BCUT2D eigenvalue weighted by atomic mass is 10.1. The highest BCUT2D eigenvalue weighted by molar-refractivity contribution is 5.96. The van der Waals surface area contributed by atoms with Crippen molar-refractivity contribution >= 4 is 22.1 Å². The van der Waals surface area contributed by atoms with Crippen molar-refractivity contribution in [3.8, 4) is 33.9 Å². The van der Waals surface area contributed by atoms with Crippen molar-refractivity contribution in [3.63, 3.8) is 0 Å². The van der Waals surface area contributed by atoms with Crippen molar-refractivity contribution in [3.05, 3.63) is 115 Å². The van der Waals surface area contributed by atoms with Crippen molar-refractivity contribution in [2.45, 2.75) is 13.1 Å². The lowest BCUT2D eigenvalue weighted by molar-refractivity contribution is 0.628. The average molecular weight is 527 g/mol. The maximum Gasteiger partial charge on any atom is 0.178 e. The smallest absolute Gasteiger partial charge is 0.178 e. The van der Waals surface area contributed by atoms with Crippen LogP contribution in [0.15, 0.2) is 97.6 Å². The number of pyridine rings is 3. The van der Waals surface area contributed by atoms with E-state index in [2.05, 4.69) is 53.6 Å². The first-order chi connectivity index (χ1) is 19.7. The van der Waals surface area contributed by atoms with Crippen LogP contribution in [0.3, 0.4) is 0 Å². The number of halogens is 1. The lowest BCUT2D eigenvalue weighted by Crippen LogP contribution is -2.12. The third-order valence-electron chi connectivity index (χ3n) is 6.81. The first kappa shape index (κ1) is 23.8. The van der Waals surface area contributed by atoms with E-state index in [1.165, 1.54) is 17.7 Å². The van der Waals surface area contributed by atoms with Crippen LogP contribution in [0.5, 0.6) is 0 Å². The SMILES string of the molecule is Fc1ccc(-c2ccnc3nc(-c4n[nH]c5cnc(-c6cncc(CNCc7ccccc7)c6)cc45)[nH]c23)cc1. The summed E-state index contributed by atoms with van der Waals surface area (Å²) in [6.45, 7) is 1.47. The van der Waals surface area contributed by atoms with Crippen LogP contribution in [0.25, 0.3) is 56.0 Å². The maximum atomic E-state index is 13.5. The van der Waals surface area contributed by atoms with Gasteiger partial charge in [-0.25, -0.2) is 14.4 Å². The van der Waals surface area contributed by atoms with E-state index >= 15 is 0 Å². The molecule has 9 heteroatoms. The Hall–Kier alpha value is -5.28. The summed E-state index contributed by atoms with van der Waals surface area (Å²) in [6.07, 6.45) is 7.15. The van der Waals surface area contributed by atoms with Gasteiger partial charge in [-0.3, -0.25) is 15.1 Å². The molecule has 0 aliphatic rings. The molecule has 7 rings (SSSR count). The van der Waals surface area contributed by atoms with Crippen LogP contribution in [0, 0.1) is 5.82 Å². The number of imidazole rings is 1. The van der Waals surface area contributed by atoms with Crippen molar-refractivity contribution in [2.75, 3.05) is 0 Å². The van der Waals surface area contributed by atoms with Crippen LogP contribution >= 0.6 is 0 Å². The van der Waals surface area contributed by atoms with E-state index in [-0.39, 0.29) is 5.82 Å². The molecule has 5 heterocycles. The third-order valence-corrected chi connectivity index (χ3v) is 6.81. The molecule has 0 atom stereocenters. The minimum absolute atomic E-state index is 0.282. The van der Waals surface area contributed by atoms with Gasteiger partial charge >= 0.3 is 0 Å². The van der Waals surface area contributed by atoms with Crippen LogP contribution in [0.1, 0.15) is 11.1 Å². The second kappa shape index (κ2) is 10.1. The summed E-state index contributed by atoms with van der Waals surface area (Å²) in [5.41, 5.74) is 8.53. The molecule has 5 aromatic heterocycles. The van der Waals surface area contributed by atoms with E-state index < -0.39 is 0 Å². The number of fused-ring (bicyclic) bond motifs is 2. The van der Waals surface area contributed by atoms with Crippen LogP contribution in [0.2, 0.25) is 0 Å². The van der Waals surface area contributed by atoms with Crippen molar-refractivity contribution in [2.24, 2.45) is 0 Å². The number of aromatic nitrogens is 7. The number of rotatable bonds is 7. The van der Waals surface area contributed by atoms with Crippen LogP contribution in [-0.4, -0.2) is 35.1 Å². The summed E-state index contributed by atoms with van der Waals surface area (Å²) in [5, 5.41) is 11.9. The van der Waals surface area contributed by atoms with Gasteiger partial charge in [0, 0.05) is 48.2 Å². The molecule has 7 aromatic rings. The average Bonchev–Trinajstić information content (AvgIpc) is 3.62. The van der Waals surface area contributed by atoms with Gasteiger partial charge in [0.2, 0.25) is 0 Å². The van der Waals surface area contributed by atoms with Gasteiger partial charge in [-0.05, 0) is 47.0 Å². The number of hydrogen-bond donors (Lipinski definition) is 3. The van der Waals surface area contributed by atoms with E-state index in [4.69, 9.17) is 4.98 Å². The first-order valence-corrected chi connectivity index (χ1v) is 12.9. The highest BCUT2D eigenvalue weighted by Gasteiger charge is 2.17. The first-order valence-electron chi connectivity index (χ1n) is 12.9. The third kappa shape index (κ3) is 4.59. The molecule has 0 bridgehead atoms. The summed E-state index contributed by atoms with van der Waals surface area (Å²) >= 11 is 0. The minimum Gasteiger partial charge on any atom is -0.335 e. The second-order valence-electron chi connectivity index (χ2n) is 9.51. The Kier molecular flexibility index (Phi) is 6.02. The molecular formula is C31H23FN8. The number of nitrogens with one attached hydrogen (secondary N) is 3. The van der Waals surface area contributed by atoms with E-state index in [0.717, 1.165) is 50.9 Å². The largest absolute Gasteiger partial charge is 0.335 e. The summed E-state index contributed by atoms with van der Waals surface area (Å²) in [5.74, 6) is 0.299. The molecular weight excluding hydrogens is 503 g/mol. The summed E-state index contributed by atoms with van der Waals surface area (Å²) in [6, 6.07) is 22.6. The monoisotopic (exact) mass is 526 g/mol. The van der Waals surface area contributed by atoms with E-state index in [1.54, 1.807) is 24.5 Å². The van der Waals surface area contributed by atoms with Crippen molar-refractivity contribution < 1.29 is 4.39 Å². The molecule has 2 aromatic carbocycles. The summed E-state index contributed by atoms with van der Waals surface area (Å²) in [4.78, 5) is 21.6. The molecule has 0 saturated heterocycles. The number of nitrogens with zero attached hydrogens (tertiary/aromatic N) is 5. The zero-order valence-electron chi connectivity index (χ0n) is 21.3. The summed E-state index contributed by atoms with van der Waals surface area (Å²) < 4.78 is 13.5.